The molecule has 0 saturated carbocycles. The van der Waals surface area contributed by atoms with Crippen molar-refractivity contribution in [3.8, 4) is 0 Å². The first-order valence-corrected chi connectivity index (χ1v) is 30.0. The van der Waals surface area contributed by atoms with E-state index in [1.54, 1.807) is 0 Å². The number of rotatable bonds is 55. The van der Waals surface area contributed by atoms with Crippen molar-refractivity contribution in [3.63, 3.8) is 0 Å². The van der Waals surface area contributed by atoms with Gasteiger partial charge in [-0.05, 0) is 57.8 Å². The van der Waals surface area contributed by atoms with Gasteiger partial charge in [0.15, 0.2) is 6.10 Å². The molecule has 6 nitrogen and oxygen atoms in total. The highest BCUT2D eigenvalue weighted by atomic mass is 16.6. The Morgan fingerprint density at radius 3 is 0.853 bits per heavy atom. The molecule has 0 aliphatic heterocycles. The maximum absolute atomic E-state index is 12.9. The molecule has 0 bridgehead atoms. The molecule has 68 heavy (non-hydrogen) atoms. The van der Waals surface area contributed by atoms with E-state index >= 15 is 0 Å². The third-order valence-corrected chi connectivity index (χ3v) is 13.4. The van der Waals surface area contributed by atoms with Crippen molar-refractivity contribution < 1.29 is 28.6 Å². The highest BCUT2D eigenvalue weighted by Crippen LogP contribution is 2.17. The first-order chi connectivity index (χ1) is 33.5. The van der Waals surface area contributed by atoms with Crippen LogP contribution >= 0.6 is 0 Å². The molecular formula is C62H114O6. The Morgan fingerprint density at radius 1 is 0.294 bits per heavy atom. The van der Waals surface area contributed by atoms with Crippen LogP contribution in [-0.2, 0) is 28.6 Å². The highest BCUT2D eigenvalue weighted by molar-refractivity contribution is 5.71. The summed E-state index contributed by atoms with van der Waals surface area (Å²) in [6, 6.07) is 0. The summed E-state index contributed by atoms with van der Waals surface area (Å²) in [4.78, 5) is 38.2. The summed E-state index contributed by atoms with van der Waals surface area (Å²) >= 11 is 0. The summed E-state index contributed by atoms with van der Waals surface area (Å²) in [6.45, 7) is 6.65. The van der Waals surface area contributed by atoms with Gasteiger partial charge in [-0.3, -0.25) is 14.4 Å². The molecule has 0 heterocycles. The molecule has 0 spiro atoms. The third kappa shape index (κ3) is 54.6. The van der Waals surface area contributed by atoms with Gasteiger partial charge < -0.3 is 14.2 Å². The van der Waals surface area contributed by atoms with Crippen LogP contribution in [0.1, 0.15) is 323 Å². The van der Waals surface area contributed by atoms with Gasteiger partial charge in [0.1, 0.15) is 13.2 Å². The molecule has 0 aromatic carbocycles. The summed E-state index contributed by atoms with van der Waals surface area (Å²) < 4.78 is 16.9. The van der Waals surface area contributed by atoms with E-state index in [0.717, 1.165) is 83.5 Å². The van der Waals surface area contributed by atoms with E-state index in [-0.39, 0.29) is 31.1 Å². The zero-order chi connectivity index (χ0) is 49.3. The van der Waals surface area contributed by atoms with Gasteiger partial charge in [0.2, 0.25) is 0 Å². The minimum Gasteiger partial charge on any atom is -0.462 e. The largest absolute Gasteiger partial charge is 0.462 e. The third-order valence-electron chi connectivity index (χ3n) is 13.4. The molecule has 0 unspecified atom stereocenters. The van der Waals surface area contributed by atoms with Gasteiger partial charge in [0.25, 0.3) is 0 Å². The molecule has 0 rings (SSSR count). The number of unbranched alkanes of at least 4 members (excludes halogenated alkanes) is 38. The topological polar surface area (TPSA) is 78.9 Å². The number of hydrogen-bond acceptors (Lipinski definition) is 6. The van der Waals surface area contributed by atoms with Crippen LogP contribution < -0.4 is 0 Å². The van der Waals surface area contributed by atoms with Crippen LogP contribution in [0.25, 0.3) is 0 Å². The van der Waals surface area contributed by atoms with Crippen molar-refractivity contribution in [2.24, 2.45) is 0 Å². The van der Waals surface area contributed by atoms with Crippen LogP contribution in [0.2, 0.25) is 0 Å². The van der Waals surface area contributed by atoms with Crippen LogP contribution in [0.4, 0.5) is 0 Å². The summed E-state index contributed by atoms with van der Waals surface area (Å²) in [6.07, 6.45) is 68.5. The van der Waals surface area contributed by atoms with Crippen LogP contribution in [0.3, 0.4) is 0 Å². The number of ether oxygens (including phenoxy) is 3. The second-order valence-electron chi connectivity index (χ2n) is 20.3. The molecule has 0 fully saturated rings. The lowest BCUT2D eigenvalue weighted by molar-refractivity contribution is -0.167. The number of hydrogen-bond donors (Lipinski definition) is 0. The summed E-state index contributed by atoms with van der Waals surface area (Å²) in [7, 11) is 0. The van der Waals surface area contributed by atoms with Gasteiger partial charge in [-0.25, -0.2) is 0 Å². The Morgan fingerprint density at radius 2 is 0.529 bits per heavy atom. The van der Waals surface area contributed by atoms with Gasteiger partial charge in [-0.2, -0.15) is 0 Å². The average molecular weight is 956 g/mol. The maximum Gasteiger partial charge on any atom is 0.306 e. The minimum absolute atomic E-state index is 0.0763. The van der Waals surface area contributed by atoms with Crippen LogP contribution in [-0.4, -0.2) is 37.2 Å². The Kier molecular flexibility index (Phi) is 55.2. The summed E-state index contributed by atoms with van der Waals surface area (Å²) in [5.74, 6) is -0.876. The summed E-state index contributed by atoms with van der Waals surface area (Å²) in [5, 5.41) is 0. The first-order valence-electron chi connectivity index (χ1n) is 30.0. The molecule has 0 aromatic heterocycles. The van der Waals surface area contributed by atoms with Gasteiger partial charge in [0, 0.05) is 19.3 Å². The quantitative estimate of drug-likeness (QED) is 0.0262. The van der Waals surface area contributed by atoms with E-state index in [4.69, 9.17) is 14.2 Å². The van der Waals surface area contributed by atoms with Gasteiger partial charge in [-0.1, -0.05) is 282 Å². The van der Waals surface area contributed by atoms with Crippen molar-refractivity contribution in [2.45, 2.75) is 329 Å². The summed E-state index contributed by atoms with van der Waals surface area (Å²) in [5.41, 5.74) is 0. The fraction of sp³-hybridized carbons (Fsp3) is 0.855. The molecular weight excluding hydrogens is 841 g/mol. The van der Waals surface area contributed by atoms with E-state index in [0.29, 0.717) is 19.3 Å². The van der Waals surface area contributed by atoms with Crippen LogP contribution in [0, 0.1) is 0 Å². The monoisotopic (exact) mass is 955 g/mol. The second-order valence-corrected chi connectivity index (χ2v) is 20.3. The lowest BCUT2D eigenvalue weighted by Crippen LogP contribution is -2.30. The molecule has 0 N–H and O–H groups in total. The predicted molar refractivity (Wildman–Crippen MR) is 293 cm³/mol. The van der Waals surface area contributed by atoms with E-state index < -0.39 is 6.10 Å². The SMILES string of the molecule is CCCCC/C=C/C/C=C/C/C=C/CCCCCCC(=O)O[C@H](COC(=O)CCCCCCCCCCCCCCCCC)COC(=O)CCCCCCCCCCCCCCCCCCCC. The normalized spacial score (nSPS) is 12.2. The number of esters is 3. The Labute approximate surface area is 423 Å². The molecule has 0 saturated heterocycles. The minimum atomic E-state index is -0.780. The second kappa shape index (κ2) is 57.2. The Hall–Kier alpha value is -2.37. The zero-order valence-corrected chi connectivity index (χ0v) is 45.6. The molecule has 6 heteroatoms. The molecule has 0 aliphatic carbocycles. The average Bonchev–Trinajstić information content (AvgIpc) is 3.34. The molecule has 1 atom stereocenters. The van der Waals surface area contributed by atoms with E-state index in [9.17, 15) is 14.4 Å². The van der Waals surface area contributed by atoms with Crippen molar-refractivity contribution in [1.82, 2.24) is 0 Å². The van der Waals surface area contributed by atoms with E-state index in [1.807, 2.05) is 0 Å². The van der Waals surface area contributed by atoms with E-state index in [1.165, 1.54) is 199 Å². The smallest absolute Gasteiger partial charge is 0.306 e. The van der Waals surface area contributed by atoms with Gasteiger partial charge in [0.05, 0.1) is 0 Å². The Bertz CT molecular complexity index is 1140. The molecule has 0 radical (unpaired) electrons. The highest BCUT2D eigenvalue weighted by Gasteiger charge is 2.19. The molecule has 398 valence electrons. The fourth-order valence-electron chi connectivity index (χ4n) is 8.86. The van der Waals surface area contributed by atoms with E-state index in [2.05, 4.69) is 57.2 Å². The van der Waals surface area contributed by atoms with Crippen LogP contribution in [0.15, 0.2) is 36.5 Å². The fourth-order valence-corrected chi connectivity index (χ4v) is 8.86. The molecule has 0 aromatic rings. The zero-order valence-electron chi connectivity index (χ0n) is 45.6. The predicted octanol–water partition coefficient (Wildman–Crippen LogP) is 20.0. The van der Waals surface area contributed by atoms with Gasteiger partial charge in [-0.15, -0.1) is 0 Å². The van der Waals surface area contributed by atoms with Crippen molar-refractivity contribution in [2.75, 3.05) is 13.2 Å². The van der Waals surface area contributed by atoms with Crippen LogP contribution in [0.5, 0.6) is 0 Å². The van der Waals surface area contributed by atoms with Crippen molar-refractivity contribution in [3.05, 3.63) is 36.5 Å². The number of carbonyl (C=O) groups is 3. The van der Waals surface area contributed by atoms with Crippen molar-refractivity contribution >= 4 is 17.9 Å². The number of allylic oxidation sites excluding steroid dienone is 6. The van der Waals surface area contributed by atoms with Crippen molar-refractivity contribution in [1.29, 1.82) is 0 Å². The first kappa shape index (κ1) is 65.6. The molecule has 0 amide bonds. The lowest BCUT2D eigenvalue weighted by Gasteiger charge is -2.18. The van der Waals surface area contributed by atoms with Gasteiger partial charge >= 0.3 is 17.9 Å². The number of carbonyl (C=O) groups excluding carboxylic acids is 3. The standard InChI is InChI=1S/C62H114O6/c1-4-7-10-13-16-19-22-25-28-30-32-34-37-40-43-46-49-52-55-61(64)67-58-59(57-66-60(63)54-51-48-45-42-39-36-33-27-24-21-18-15-12-9-6-3)68-62(65)56-53-50-47-44-41-38-35-31-29-26-23-20-17-14-11-8-5-2/h17,20,26,29,35,38,59H,4-16,18-19,21-25,27-28,30-34,36-37,39-58H2,1-3H3/b20-17+,29-26+,38-35+/t59-/m1/s1. The lowest BCUT2D eigenvalue weighted by atomic mass is 10.0. The molecule has 0 aliphatic rings. The maximum atomic E-state index is 12.9. The Balaban J connectivity index is 4.36.